The summed E-state index contributed by atoms with van der Waals surface area (Å²) < 4.78 is 50.1. The minimum absolute atomic E-state index is 0.108. The van der Waals surface area contributed by atoms with E-state index in [2.05, 4.69) is 9.97 Å². The van der Waals surface area contributed by atoms with Crippen LogP contribution in [0, 0.1) is 0 Å². The van der Waals surface area contributed by atoms with E-state index in [1.165, 1.54) is 0 Å². The Bertz CT molecular complexity index is 723. The maximum atomic E-state index is 13.1. The fourth-order valence-corrected chi connectivity index (χ4v) is 2.14. The number of anilines is 2. The van der Waals surface area contributed by atoms with Gasteiger partial charge in [0.15, 0.2) is 0 Å². The Morgan fingerprint density at radius 1 is 1.08 bits per heavy atom. The number of benzene rings is 1. The topological polar surface area (TPSA) is 47.5 Å². The third-order valence-corrected chi connectivity index (χ3v) is 3.47. The molecule has 0 unspecified atom stereocenters. The average molecular weight is 369 g/mol. The largest absolute Gasteiger partial charge is 0.494 e. The van der Waals surface area contributed by atoms with E-state index in [9.17, 15) is 13.2 Å². The lowest BCUT2D eigenvalue weighted by Gasteiger charge is -2.20. The van der Waals surface area contributed by atoms with Gasteiger partial charge in [0.25, 0.3) is 0 Å². The van der Waals surface area contributed by atoms with Crippen LogP contribution in [0.2, 0.25) is 0 Å². The Morgan fingerprint density at radius 3 is 2.42 bits per heavy atom. The van der Waals surface area contributed by atoms with Crippen molar-refractivity contribution in [3.05, 3.63) is 36.0 Å². The maximum Gasteiger partial charge on any atom is 0.423 e. The molecule has 0 amide bonds. The number of hydrogen-bond acceptors (Lipinski definition) is 5. The maximum absolute atomic E-state index is 13.1. The van der Waals surface area contributed by atoms with E-state index in [4.69, 9.17) is 9.47 Å². The van der Waals surface area contributed by atoms with Crippen LogP contribution in [0.5, 0.6) is 11.6 Å². The van der Waals surface area contributed by atoms with E-state index in [0.717, 1.165) is 12.6 Å². The van der Waals surface area contributed by atoms with Gasteiger partial charge < -0.3 is 14.4 Å². The number of aromatic nitrogens is 2. The van der Waals surface area contributed by atoms with E-state index in [1.807, 2.05) is 19.9 Å². The van der Waals surface area contributed by atoms with Crippen molar-refractivity contribution in [1.82, 2.24) is 9.97 Å². The molecule has 0 N–H and O–H groups in total. The molecule has 142 valence electrons. The zero-order valence-corrected chi connectivity index (χ0v) is 15.0. The molecule has 0 saturated carbocycles. The Balaban J connectivity index is 2.32. The second-order valence-corrected chi connectivity index (χ2v) is 5.64. The molecular weight excluding hydrogens is 347 g/mol. The molecule has 0 spiro atoms. The number of halogens is 3. The van der Waals surface area contributed by atoms with Gasteiger partial charge in [0, 0.05) is 25.0 Å². The highest BCUT2D eigenvalue weighted by Gasteiger charge is 2.36. The molecule has 0 bridgehead atoms. The van der Waals surface area contributed by atoms with E-state index < -0.39 is 17.6 Å². The first kappa shape index (κ1) is 19.8. The summed E-state index contributed by atoms with van der Waals surface area (Å²) >= 11 is 0. The van der Waals surface area contributed by atoms with Crippen molar-refractivity contribution < 1.29 is 22.6 Å². The number of alkyl halides is 3. The Morgan fingerprint density at radius 2 is 1.77 bits per heavy atom. The molecule has 0 saturated heterocycles. The lowest BCUT2D eigenvalue weighted by Crippen LogP contribution is -2.17. The van der Waals surface area contributed by atoms with Crippen LogP contribution in [0.4, 0.5) is 24.8 Å². The van der Waals surface area contributed by atoms with Crippen LogP contribution in [0.1, 0.15) is 32.3 Å². The van der Waals surface area contributed by atoms with Crippen molar-refractivity contribution >= 4 is 11.6 Å². The van der Waals surface area contributed by atoms with Gasteiger partial charge in [-0.1, -0.05) is 19.9 Å². The van der Waals surface area contributed by atoms with Gasteiger partial charge in [-0.05, 0) is 25.0 Å². The summed E-state index contributed by atoms with van der Waals surface area (Å²) in [4.78, 5) is 9.41. The molecule has 5 nitrogen and oxygen atoms in total. The SMILES string of the molecule is CCCOc1cccc(N(C)c2ncc(C(F)(F)F)c(OCCC)n2)c1. The van der Waals surface area contributed by atoms with Crippen LogP contribution >= 0.6 is 0 Å². The van der Waals surface area contributed by atoms with Crippen LogP contribution in [0.25, 0.3) is 0 Å². The molecule has 1 heterocycles. The Labute approximate surface area is 150 Å². The predicted molar refractivity (Wildman–Crippen MR) is 93.1 cm³/mol. The standard InChI is InChI=1S/C18H22F3N3O2/c1-4-9-25-14-8-6-7-13(11-14)24(3)17-22-12-15(18(19,20)21)16(23-17)26-10-5-2/h6-8,11-12H,4-5,9-10H2,1-3H3. The van der Waals surface area contributed by atoms with Crippen molar-refractivity contribution in [2.45, 2.75) is 32.9 Å². The van der Waals surface area contributed by atoms with Gasteiger partial charge in [0.05, 0.1) is 13.2 Å². The van der Waals surface area contributed by atoms with Gasteiger partial charge in [-0.25, -0.2) is 4.98 Å². The van der Waals surface area contributed by atoms with Crippen LogP contribution in [0.15, 0.2) is 30.5 Å². The highest BCUT2D eigenvalue weighted by molar-refractivity contribution is 5.59. The monoisotopic (exact) mass is 369 g/mol. The second kappa shape index (κ2) is 8.73. The third-order valence-electron chi connectivity index (χ3n) is 3.47. The van der Waals surface area contributed by atoms with Crippen LogP contribution < -0.4 is 14.4 Å². The van der Waals surface area contributed by atoms with Gasteiger partial charge in [0.2, 0.25) is 11.8 Å². The number of ether oxygens (including phenoxy) is 2. The van der Waals surface area contributed by atoms with Crippen molar-refractivity contribution in [2.75, 3.05) is 25.2 Å². The van der Waals surface area contributed by atoms with Gasteiger partial charge in [-0.2, -0.15) is 18.2 Å². The van der Waals surface area contributed by atoms with Crippen molar-refractivity contribution in [3.63, 3.8) is 0 Å². The van der Waals surface area contributed by atoms with Crippen LogP contribution in [-0.4, -0.2) is 30.2 Å². The number of hydrogen-bond donors (Lipinski definition) is 0. The van der Waals surface area contributed by atoms with Crippen molar-refractivity contribution in [2.24, 2.45) is 0 Å². The molecule has 26 heavy (non-hydrogen) atoms. The molecule has 0 aliphatic heterocycles. The minimum Gasteiger partial charge on any atom is -0.494 e. The smallest absolute Gasteiger partial charge is 0.423 e. The highest BCUT2D eigenvalue weighted by Crippen LogP contribution is 2.36. The van der Waals surface area contributed by atoms with E-state index >= 15 is 0 Å². The van der Waals surface area contributed by atoms with E-state index in [-0.39, 0.29) is 12.6 Å². The molecule has 0 aliphatic carbocycles. The number of rotatable bonds is 8. The first-order chi connectivity index (χ1) is 12.4. The fraction of sp³-hybridized carbons (Fsp3) is 0.444. The summed E-state index contributed by atoms with van der Waals surface area (Å²) in [6.45, 7) is 4.54. The van der Waals surface area contributed by atoms with Gasteiger partial charge >= 0.3 is 6.18 Å². The van der Waals surface area contributed by atoms with Gasteiger partial charge in [-0.15, -0.1) is 0 Å². The summed E-state index contributed by atoms with van der Waals surface area (Å²) in [6, 6.07) is 7.20. The zero-order valence-electron chi connectivity index (χ0n) is 15.0. The molecule has 0 aliphatic rings. The first-order valence-electron chi connectivity index (χ1n) is 8.40. The number of nitrogens with zero attached hydrogens (tertiary/aromatic N) is 3. The molecule has 2 rings (SSSR count). The van der Waals surface area contributed by atoms with Crippen molar-refractivity contribution in [3.8, 4) is 11.6 Å². The summed E-state index contributed by atoms with van der Waals surface area (Å²) in [7, 11) is 1.67. The van der Waals surface area contributed by atoms with E-state index in [1.54, 1.807) is 30.1 Å². The molecule has 1 aromatic carbocycles. The molecule has 2 aromatic rings. The van der Waals surface area contributed by atoms with Crippen molar-refractivity contribution in [1.29, 1.82) is 0 Å². The normalized spacial score (nSPS) is 11.3. The summed E-state index contributed by atoms with van der Waals surface area (Å²) in [6.07, 6.45) is -2.38. The molecule has 8 heteroatoms. The molecular formula is C18H22F3N3O2. The van der Waals surface area contributed by atoms with Crippen LogP contribution in [0.3, 0.4) is 0 Å². The summed E-state index contributed by atoms with van der Waals surface area (Å²) in [5.74, 6) is 0.317. The predicted octanol–water partition coefficient (Wildman–Crippen LogP) is 4.84. The third kappa shape index (κ3) is 5.00. The van der Waals surface area contributed by atoms with E-state index in [0.29, 0.717) is 24.5 Å². The lowest BCUT2D eigenvalue weighted by molar-refractivity contribution is -0.139. The summed E-state index contributed by atoms with van der Waals surface area (Å²) in [5, 5.41) is 0. The average Bonchev–Trinajstić information content (AvgIpc) is 2.63. The zero-order chi connectivity index (χ0) is 19.2. The Hall–Kier alpha value is -2.51. The van der Waals surface area contributed by atoms with Gasteiger partial charge in [0.1, 0.15) is 11.3 Å². The minimum atomic E-state index is -4.58. The van der Waals surface area contributed by atoms with Gasteiger partial charge in [-0.3, -0.25) is 0 Å². The first-order valence-corrected chi connectivity index (χ1v) is 8.40. The fourth-order valence-electron chi connectivity index (χ4n) is 2.14. The molecule has 0 radical (unpaired) electrons. The second-order valence-electron chi connectivity index (χ2n) is 5.64. The lowest BCUT2D eigenvalue weighted by atomic mass is 10.3. The molecule has 1 aromatic heterocycles. The molecule has 0 atom stereocenters. The molecule has 0 fully saturated rings. The van der Waals surface area contributed by atoms with Crippen LogP contribution in [-0.2, 0) is 6.18 Å². The highest BCUT2D eigenvalue weighted by atomic mass is 19.4. The Kier molecular flexibility index (Phi) is 6.65. The summed E-state index contributed by atoms with van der Waals surface area (Å²) in [5.41, 5.74) is -0.289. The quantitative estimate of drug-likeness (QED) is 0.666.